The molecular weight excluding hydrogens is 329 g/mol. The summed E-state index contributed by atoms with van der Waals surface area (Å²) in [6, 6.07) is 5.52. The van der Waals surface area contributed by atoms with E-state index in [1.165, 1.54) is 13.0 Å². The average Bonchev–Trinajstić information content (AvgIpc) is 2.91. The van der Waals surface area contributed by atoms with Gasteiger partial charge in [-0.25, -0.2) is 0 Å². The van der Waals surface area contributed by atoms with Crippen LogP contribution in [0.1, 0.15) is 24.0 Å². The minimum absolute atomic E-state index is 0.197. The van der Waals surface area contributed by atoms with E-state index in [1.54, 1.807) is 13.0 Å². The maximum atomic E-state index is 13.1. The highest BCUT2D eigenvalue weighted by molar-refractivity contribution is 5.57. The zero-order valence-electron chi connectivity index (χ0n) is 12.8. The Balaban J connectivity index is 2.27. The van der Waals surface area contributed by atoms with Gasteiger partial charge < -0.3 is 14.8 Å². The SMILES string of the molecule is Cc1ccc(C(C)(O)CNc2ccc([N+](=O)[O-])cc2C(F)(F)F)o1. The van der Waals surface area contributed by atoms with Crippen molar-refractivity contribution >= 4 is 11.4 Å². The molecule has 9 heteroatoms. The summed E-state index contributed by atoms with van der Waals surface area (Å²) in [6.45, 7) is 2.78. The van der Waals surface area contributed by atoms with Gasteiger partial charge in [0, 0.05) is 17.8 Å². The summed E-state index contributed by atoms with van der Waals surface area (Å²) in [5.41, 5.74) is -3.76. The van der Waals surface area contributed by atoms with Crippen LogP contribution in [0.15, 0.2) is 34.7 Å². The Morgan fingerprint density at radius 2 is 1.96 bits per heavy atom. The van der Waals surface area contributed by atoms with Crippen molar-refractivity contribution in [2.75, 3.05) is 11.9 Å². The normalized spacial score (nSPS) is 14.2. The van der Waals surface area contributed by atoms with E-state index in [9.17, 15) is 28.4 Å². The lowest BCUT2D eigenvalue weighted by atomic mass is 10.0. The van der Waals surface area contributed by atoms with Crippen LogP contribution in [0.5, 0.6) is 0 Å². The molecule has 0 spiro atoms. The number of nitro benzene ring substituents is 1. The quantitative estimate of drug-likeness (QED) is 0.635. The molecule has 0 aliphatic rings. The van der Waals surface area contributed by atoms with Gasteiger partial charge in [0.2, 0.25) is 0 Å². The molecule has 0 saturated heterocycles. The van der Waals surface area contributed by atoms with Crippen molar-refractivity contribution in [1.82, 2.24) is 0 Å². The summed E-state index contributed by atoms with van der Waals surface area (Å²) in [5, 5.41) is 23.5. The number of halogens is 3. The number of anilines is 1. The third-order valence-corrected chi connectivity index (χ3v) is 3.41. The molecule has 0 radical (unpaired) electrons. The molecule has 0 aliphatic heterocycles. The average molecular weight is 344 g/mol. The largest absolute Gasteiger partial charge is 0.463 e. The molecule has 1 aromatic heterocycles. The molecule has 24 heavy (non-hydrogen) atoms. The first-order chi connectivity index (χ1) is 11.0. The van der Waals surface area contributed by atoms with E-state index in [0.717, 1.165) is 12.1 Å². The third-order valence-electron chi connectivity index (χ3n) is 3.41. The van der Waals surface area contributed by atoms with Crippen LogP contribution in [-0.4, -0.2) is 16.6 Å². The van der Waals surface area contributed by atoms with Crippen molar-refractivity contribution in [3.05, 3.63) is 57.5 Å². The van der Waals surface area contributed by atoms with E-state index in [1.807, 2.05) is 0 Å². The maximum Gasteiger partial charge on any atom is 0.418 e. The fraction of sp³-hybridized carbons (Fsp3) is 0.333. The Hall–Kier alpha value is -2.55. The van der Waals surface area contributed by atoms with Crippen LogP contribution < -0.4 is 5.32 Å². The lowest BCUT2D eigenvalue weighted by Crippen LogP contribution is -2.31. The summed E-state index contributed by atoms with van der Waals surface area (Å²) >= 11 is 0. The fourth-order valence-electron chi connectivity index (χ4n) is 2.11. The number of furan rings is 1. The molecule has 0 bridgehead atoms. The lowest BCUT2D eigenvalue weighted by molar-refractivity contribution is -0.385. The number of aliphatic hydroxyl groups is 1. The molecule has 0 fully saturated rings. The van der Waals surface area contributed by atoms with Gasteiger partial charge in [0.25, 0.3) is 5.69 Å². The second-order valence-corrected chi connectivity index (χ2v) is 5.52. The Kier molecular flexibility index (Phi) is 4.57. The van der Waals surface area contributed by atoms with Gasteiger partial charge in [0.05, 0.1) is 17.0 Å². The van der Waals surface area contributed by atoms with Crippen molar-refractivity contribution in [1.29, 1.82) is 0 Å². The van der Waals surface area contributed by atoms with Gasteiger partial charge in [-0.2, -0.15) is 13.2 Å². The molecule has 130 valence electrons. The van der Waals surface area contributed by atoms with E-state index >= 15 is 0 Å². The van der Waals surface area contributed by atoms with E-state index in [-0.39, 0.29) is 18.0 Å². The number of alkyl halides is 3. The highest BCUT2D eigenvalue weighted by atomic mass is 19.4. The number of nitrogens with zero attached hydrogens (tertiary/aromatic N) is 1. The number of nitro groups is 1. The summed E-state index contributed by atoms with van der Waals surface area (Å²) in [4.78, 5) is 9.76. The molecular formula is C15H15F3N2O4. The Labute approximate surface area is 135 Å². The van der Waals surface area contributed by atoms with Gasteiger partial charge in [0.1, 0.15) is 17.1 Å². The minimum atomic E-state index is -4.78. The molecule has 6 nitrogen and oxygen atoms in total. The smallest absolute Gasteiger partial charge is 0.418 e. The summed E-state index contributed by atoms with van der Waals surface area (Å²) in [5.74, 6) is 0.750. The molecule has 1 heterocycles. The number of benzene rings is 1. The fourth-order valence-corrected chi connectivity index (χ4v) is 2.11. The Bertz CT molecular complexity index is 753. The van der Waals surface area contributed by atoms with Crippen LogP contribution in [0.25, 0.3) is 0 Å². The predicted molar refractivity (Wildman–Crippen MR) is 79.6 cm³/mol. The third kappa shape index (κ3) is 3.85. The number of rotatable bonds is 5. The van der Waals surface area contributed by atoms with Crippen LogP contribution in [0, 0.1) is 17.0 Å². The molecule has 1 unspecified atom stereocenters. The van der Waals surface area contributed by atoms with Gasteiger partial charge in [-0.15, -0.1) is 0 Å². The highest BCUT2D eigenvalue weighted by Crippen LogP contribution is 2.37. The summed E-state index contributed by atoms with van der Waals surface area (Å²) in [6.07, 6.45) is -4.78. The number of nitrogens with one attached hydrogen (secondary N) is 1. The monoisotopic (exact) mass is 344 g/mol. The number of non-ortho nitro benzene ring substituents is 1. The van der Waals surface area contributed by atoms with Crippen LogP contribution in [0.4, 0.5) is 24.5 Å². The minimum Gasteiger partial charge on any atom is -0.463 e. The number of hydrogen-bond donors (Lipinski definition) is 2. The van der Waals surface area contributed by atoms with E-state index in [2.05, 4.69) is 5.32 Å². The zero-order chi connectivity index (χ0) is 18.1. The van der Waals surface area contributed by atoms with Crippen LogP contribution >= 0.6 is 0 Å². The molecule has 2 N–H and O–H groups in total. The standard InChI is InChI=1S/C15H15F3N2O4/c1-9-3-6-13(24-9)14(2,21)8-19-12-5-4-10(20(22)23)7-11(12)15(16,17)18/h3-7,19,21H,8H2,1-2H3. The second-order valence-electron chi connectivity index (χ2n) is 5.52. The first-order valence-electron chi connectivity index (χ1n) is 6.89. The van der Waals surface area contributed by atoms with Crippen molar-refractivity contribution in [3.8, 4) is 0 Å². The summed E-state index contributed by atoms with van der Waals surface area (Å²) in [7, 11) is 0. The lowest BCUT2D eigenvalue weighted by Gasteiger charge is -2.23. The van der Waals surface area contributed by atoms with Crippen LogP contribution in [0.3, 0.4) is 0 Å². The molecule has 2 rings (SSSR count). The molecule has 2 aromatic rings. The van der Waals surface area contributed by atoms with Crippen molar-refractivity contribution < 1.29 is 27.6 Å². The van der Waals surface area contributed by atoms with Crippen molar-refractivity contribution in [2.45, 2.75) is 25.6 Å². The predicted octanol–water partition coefficient (Wildman–Crippen LogP) is 3.83. The van der Waals surface area contributed by atoms with Crippen molar-refractivity contribution in [3.63, 3.8) is 0 Å². The van der Waals surface area contributed by atoms with E-state index in [4.69, 9.17) is 4.42 Å². The summed E-state index contributed by atoms with van der Waals surface area (Å²) < 4.78 is 44.6. The molecule has 0 amide bonds. The van der Waals surface area contributed by atoms with Gasteiger partial charge in [0.15, 0.2) is 0 Å². The highest BCUT2D eigenvalue weighted by Gasteiger charge is 2.36. The number of hydrogen-bond acceptors (Lipinski definition) is 5. The van der Waals surface area contributed by atoms with Gasteiger partial charge in [-0.3, -0.25) is 10.1 Å². The number of aryl methyl sites for hydroxylation is 1. The molecule has 1 aromatic carbocycles. The maximum absolute atomic E-state index is 13.1. The zero-order valence-corrected chi connectivity index (χ0v) is 12.8. The van der Waals surface area contributed by atoms with E-state index in [0.29, 0.717) is 11.8 Å². The van der Waals surface area contributed by atoms with Gasteiger partial charge in [-0.05, 0) is 32.0 Å². The molecule has 1 atom stereocenters. The first kappa shape index (κ1) is 17.8. The molecule has 0 aliphatic carbocycles. The van der Waals surface area contributed by atoms with Gasteiger partial charge >= 0.3 is 6.18 Å². The Morgan fingerprint density at radius 3 is 2.46 bits per heavy atom. The van der Waals surface area contributed by atoms with Crippen LogP contribution in [-0.2, 0) is 11.8 Å². The molecule has 0 saturated carbocycles. The second kappa shape index (κ2) is 6.16. The Morgan fingerprint density at radius 1 is 1.29 bits per heavy atom. The first-order valence-corrected chi connectivity index (χ1v) is 6.89. The van der Waals surface area contributed by atoms with E-state index < -0.39 is 28.0 Å². The van der Waals surface area contributed by atoms with Crippen LogP contribution in [0.2, 0.25) is 0 Å². The topological polar surface area (TPSA) is 88.5 Å². The van der Waals surface area contributed by atoms with Gasteiger partial charge in [-0.1, -0.05) is 0 Å². The van der Waals surface area contributed by atoms with Crippen molar-refractivity contribution in [2.24, 2.45) is 0 Å².